The van der Waals surface area contributed by atoms with Crippen molar-refractivity contribution >= 4 is 33.2 Å². The van der Waals surface area contributed by atoms with Crippen molar-refractivity contribution in [2.24, 2.45) is 5.73 Å². The van der Waals surface area contributed by atoms with Gasteiger partial charge in [-0.15, -0.1) is 0 Å². The average Bonchev–Trinajstić information content (AvgIpc) is 2.80. The van der Waals surface area contributed by atoms with Crippen molar-refractivity contribution in [3.8, 4) is 5.75 Å². The molecule has 0 aliphatic carbocycles. The van der Waals surface area contributed by atoms with E-state index in [4.69, 9.17) is 10.5 Å². The number of benzene rings is 3. The molecule has 3 rings (SSSR count). The molecule has 34 heavy (non-hydrogen) atoms. The molecule has 0 radical (unpaired) electrons. The minimum Gasteiger partial charge on any atom is -0.494 e. The number of hydrogen-bond acceptors (Lipinski definition) is 5. The van der Waals surface area contributed by atoms with Crippen LogP contribution in [0, 0.1) is 12.7 Å². The van der Waals surface area contributed by atoms with Gasteiger partial charge in [-0.2, -0.15) is 0 Å². The Morgan fingerprint density at radius 1 is 1.03 bits per heavy atom. The van der Waals surface area contributed by atoms with E-state index in [1.54, 1.807) is 26.0 Å². The summed E-state index contributed by atoms with van der Waals surface area (Å²) >= 11 is 0. The van der Waals surface area contributed by atoms with Crippen molar-refractivity contribution < 1.29 is 27.1 Å². The number of hydrogen-bond donors (Lipinski definition) is 2. The number of halogens is 1. The fourth-order valence-corrected chi connectivity index (χ4v) is 4.70. The summed E-state index contributed by atoms with van der Waals surface area (Å²) in [6.07, 6.45) is 0. The number of nitrogens with zero attached hydrogens (tertiary/aromatic N) is 1. The summed E-state index contributed by atoms with van der Waals surface area (Å²) in [6.45, 7) is 3.25. The zero-order chi connectivity index (χ0) is 24.9. The van der Waals surface area contributed by atoms with Gasteiger partial charge in [0.05, 0.1) is 17.2 Å². The van der Waals surface area contributed by atoms with E-state index in [2.05, 4.69) is 5.32 Å². The van der Waals surface area contributed by atoms with Gasteiger partial charge in [0.15, 0.2) is 0 Å². The number of sulfonamides is 1. The van der Waals surface area contributed by atoms with Gasteiger partial charge in [0, 0.05) is 11.3 Å². The lowest BCUT2D eigenvalue weighted by molar-refractivity contribution is -0.114. The predicted octanol–water partition coefficient (Wildman–Crippen LogP) is 3.47. The molecule has 0 aliphatic rings. The highest BCUT2D eigenvalue weighted by atomic mass is 32.2. The van der Waals surface area contributed by atoms with Crippen LogP contribution in [0.5, 0.6) is 5.75 Å². The van der Waals surface area contributed by atoms with Gasteiger partial charge in [-0.3, -0.25) is 13.9 Å². The van der Waals surface area contributed by atoms with Gasteiger partial charge < -0.3 is 15.8 Å². The Balaban J connectivity index is 1.94. The van der Waals surface area contributed by atoms with Crippen LogP contribution in [0.2, 0.25) is 0 Å². The quantitative estimate of drug-likeness (QED) is 0.481. The van der Waals surface area contributed by atoms with E-state index < -0.39 is 34.2 Å². The van der Waals surface area contributed by atoms with Gasteiger partial charge in [0.1, 0.15) is 18.1 Å². The fourth-order valence-electron chi connectivity index (χ4n) is 3.28. The smallest absolute Gasteiger partial charge is 0.264 e. The molecule has 178 valence electrons. The second kappa shape index (κ2) is 10.3. The SMILES string of the molecule is CCOc1ccc(S(=O)(=O)N(CC(=O)Nc2cccc(C(N)=O)c2C)c2ccc(F)cc2)cc1. The van der Waals surface area contributed by atoms with E-state index in [9.17, 15) is 22.4 Å². The predicted molar refractivity (Wildman–Crippen MR) is 127 cm³/mol. The number of nitrogens with one attached hydrogen (secondary N) is 1. The summed E-state index contributed by atoms with van der Waals surface area (Å²) in [5.41, 5.74) is 6.46. The van der Waals surface area contributed by atoms with E-state index in [1.165, 1.54) is 42.5 Å². The summed E-state index contributed by atoms with van der Waals surface area (Å²) in [4.78, 5) is 24.4. The third-order valence-corrected chi connectivity index (χ3v) is 6.79. The van der Waals surface area contributed by atoms with Crippen molar-refractivity contribution in [2.45, 2.75) is 18.7 Å². The second-order valence-electron chi connectivity index (χ2n) is 7.28. The van der Waals surface area contributed by atoms with E-state index in [-0.39, 0.29) is 16.1 Å². The van der Waals surface area contributed by atoms with Crippen LogP contribution in [-0.2, 0) is 14.8 Å². The van der Waals surface area contributed by atoms with Crippen LogP contribution in [0.3, 0.4) is 0 Å². The molecule has 3 aromatic carbocycles. The van der Waals surface area contributed by atoms with Crippen LogP contribution in [0.25, 0.3) is 0 Å². The fraction of sp³-hybridized carbons (Fsp3) is 0.167. The molecule has 0 heterocycles. The summed E-state index contributed by atoms with van der Waals surface area (Å²) in [5.74, 6) is -1.37. The Morgan fingerprint density at radius 2 is 1.68 bits per heavy atom. The zero-order valence-corrected chi connectivity index (χ0v) is 19.4. The van der Waals surface area contributed by atoms with Gasteiger partial charge in [-0.05, 0) is 80.1 Å². The molecule has 3 N–H and O–H groups in total. The Labute approximate surface area is 197 Å². The second-order valence-corrected chi connectivity index (χ2v) is 9.15. The largest absolute Gasteiger partial charge is 0.494 e. The maximum Gasteiger partial charge on any atom is 0.264 e. The van der Waals surface area contributed by atoms with Gasteiger partial charge in [0.25, 0.3) is 10.0 Å². The maximum atomic E-state index is 13.5. The molecule has 0 atom stereocenters. The molecule has 0 spiro atoms. The molecule has 0 unspecified atom stereocenters. The van der Waals surface area contributed by atoms with Crippen LogP contribution >= 0.6 is 0 Å². The molecule has 8 nitrogen and oxygen atoms in total. The number of ether oxygens (including phenoxy) is 1. The summed E-state index contributed by atoms with van der Waals surface area (Å²) in [7, 11) is -4.20. The highest BCUT2D eigenvalue weighted by molar-refractivity contribution is 7.92. The number of nitrogens with two attached hydrogens (primary N) is 1. The number of carbonyl (C=O) groups is 2. The van der Waals surface area contributed by atoms with E-state index in [0.29, 0.717) is 23.6 Å². The highest BCUT2D eigenvalue weighted by Gasteiger charge is 2.27. The average molecular weight is 486 g/mol. The zero-order valence-electron chi connectivity index (χ0n) is 18.6. The first-order valence-corrected chi connectivity index (χ1v) is 11.8. The third-order valence-electron chi connectivity index (χ3n) is 5.00. The lowest BCUT2D eigenvalue weighted by atomic mass is 10.1. The van der Waals surface area contributed by atoms with Crippen LogP contribution in [0.15, 0.2) is 71.6 Å². The topological polar surface area (TPSA) is 119 Å². The van der Waals surface area contributed by atoms with E-state index in [1.807, 2.05) is 0 Å². The summed E-state index contributed by atoms with van der Waals surface area (Å²) in [6, 6.07) is 15.2. The first kappa shape index (κ1) is 24.7. The molecule has 0 aromatic heterocycles. The van der Waals surface area contributed by atoms with Crippen molar-refractivity contribution in [1.29, 1.82) is 0 Å². The molecule has 0 saturated carbocycles. The lowest BCUT2D eigenvalue weighted by Crippen LogP contribution is -2.38. The number of carbonyl (C=O) groups excluding carboxylic acids is 2. The Morgan fingerprint density at radius 3 is 2.26 bits per heavy atom. The number of primary amides is 1. The van der Waals surface area contributed by atoms with Crippen LogP contribution < -0.4 is 20.1 Å². The van der Waals surface area contributed by atoms with E-state index in [0.717, 1.165) is 16.4 Å². The third kappa shape index (κ3) is 5.52. The molecule has 2 amide bonds. The molecule has 3 aromatic rings. The van der Waals surface area contributed by atoms with Crippen LogP contribution in [0.4, 0.5) is 15.8 Å². The van der Waals surface area contributed by atoms with E-state index >= 15 is 0 Å². The first-order chi connectivity index (χ1) is 16.1. The molecular weight excluding hydrogens is 461 g/mol. The number of amides is 2. The molecule has 10 heteroatoms. The number of anilines is 2. The van der Waals surface area contributed by atoms with Crippen molar-refractivity contribution in [3.05, 3.63) is 83.7 Å². The molecule has 0 saturated heterocycles. The van der Waals surface area contributed by atoms with Crippen molar-refractivity contribution in [3.63, 3.8) is 0 Å². The minimum absolute atomic E-state index is 0.0695. The molecule has 0 bridgehead atoms. The van der Waals surface area contributed by atoms with Crippen molar-refractivity contribution in [2.75, 3.05) is 22.8 Å². The first-order valence-electron chi connectivity index (χ1n) is 10.3. The van der Waals surface area contributed by atoms with Crippen LogP contribution in [-0.4, -0.2) is 33.4 Å². The molecule has 0 aliphatic heterocycles. The van der Waals surface area contributed by atoms with Gasteiger partial charge >= 0.3 is 0 Å². The Bertz CT molecular complexity index is 1290. The molecular formula is C24H24FN3O5S. The maximum absolute atomic E-state index is 13.5. The lowest BCUT2D eigenvalue weighted by Gasteiger charge is -2.24. The van der Waals surface area contributed by atoms with Gasteiger partial charge in [-0.25, -0.2) is 12.8 Å². The minimum atomic E-state index is -4.20. The normalized spacial score (nSPS) is 11.0. The van der Waals surface area contributed by atoms with Gasteiger partial charge in [-0.1, -0.05) is 6.07 Å². The Kier molecular flexibility index (Phi) is 7.52. The Hall–Kier alpha value is -3.92. The number of rotatable bonds is 9. The van der Waals surface area contributed by atoms with Crippen molar-refractivity contribution in [1.82, 2.24) is 0 Å². The summed E-state index contributed by atoms with van der Waals surface area (Å²) < 4.78 is 46.6. The monoisotopic (exact) mass is 485 g/mol. The molecule has 0 fully saturated rings. The van der Waals surface area contributed by atoms with Crippen LogP contribution in [0.1, 0.15) is 22.8 Å². The highest BCUT2D eigenvalue weighted by Crippen LogP contribution is 2.26. The standard InChI is InChI=1S/C24H24FN3O5S/c1-3-33-19-11-13-20(14-12-19)34(31,32)28(18-9-7-17(25)8-10-18)15-23(29)27-22-6-4-5-21(16(22)2)24(26)30/h4-14H,3,15H2,1-2H3,(H2,26,30)(H,27,29). The van der Waals surface area contributed by atoms with Gasteiger partial charge in [0.2, 0.25) is 11.8 Å². The summed E-state index contributed by atoms with van der Waals surface area (Å²) in [5, 5.41) is 2.62.